The predicted molar refractivity (Wildman–Crippen MR) is 78.7 cm³/mol. The number of benzene rings is 1. The molecule has 7 heteroatoms. The number of amides is 1. The summed E-state index contributed by atoms with van der Waals surface area (Å²) in [6.07, 6.45) is 3.25. The number of rotatable bonds is 7. The van der Waals surface area contributed by atoms with Crippen molar-refractivity contribution in [3.63, 3.8) is 0 Å². The number of hydrogen-bond acceptors (Lipinski definition) is 4. The topological polar surface area (TPSA) is 69.0 Å². The van der Waals surface area contributed by atoms with E-state index < -0.39 is 0 Å². The van der Waals surface area contributed by atoms with Crippen molar-refractivity contribution in [2.24, 2.45) is 7.05 Å². The van der Waals surface area contributed by atoms with Gasteiger partial charge in [-0.25, -0.2) is 4.39 Å². The number of hydrogen-bond donors (Lipinski definition) is 1. The van der Waals surface area contributed by atoms with Crippen LogP contribution in [0.1, 0.15) is 24.2 Å². The van der Waals surface area contributed by atoms with Gasteiger partial charge in [-0.1, -0.05) is 6.07 Å². The Hall–Kier alpha value is -2.44. The van der Waals surface area contributed by atoms with E-state index >= 15 is 0 Å². The predicted octanol–water partition coefficient (Wildman–Crippen LogP) is 1.60. The Morgan fingerprint density at radius 1 is 1.45 bits per heavy atom. The van der Waals surface area contributed by atoms with Crippen LogP contribution >= 0.6 is 0 Å². The molecule has 118 valence electrons. The Morgan fingerprint density at radius 2 is 2.27 bits per heavy atom. The standard InChI is InChI=1S/C15H19FN4O2/c1-20-10-18-19-14(20)9-17-15(21)5-3-4-11-6-7-13(22-2)12(16)8-11/h6-8,10H,3-5,9H2,1-2H3,(H,17,21). The largest absolute Gasteiger partial charge is 0.494 e. The monoisotopic (exact) mass is 306 g/mol. The molecule has 1 aromatic heterocycles. The van der Waals surface area contributed by atoms with Crippen LogP contribution in [0.2, 0.25) is 0 Å². The van der Waals surface area contributed by atoms with E-state index in [0.29, 0.717) is 31.6 Å². The van der Waals surface area contributed by atoms with Gasteiger partial charge in [0.05, 0.1) is 13.7 Å². The zero-order valence-corrected chi connectivity index (χ0v) is 12.7. The lowest BCUT2D eigenvalue weighted by atomic mass is 10.1. The molecule has 0 saturated heterocycles. The second-order valence-corrected chi connectivity index (χ2v) is 4.96. The maximum Gasteiger partial charge on any atom is 0.220 e. The molecule has 2 aromatic rings. The van der Waals surface area contributed by atoms with Gasteiger partial charge < -0.3 is 14.6 Å². The van der Waals surface area contributed by atoms with Crippen molar-refractivity contribution in [1.29, 1.82) is 0 Å². The number of nitrogens with one attached hydrogen (secondary N) is 1. The van der Waals surface area contributed by atoms with E-state index in [-0.39, 0.29) is 17.5 Å². The summed E-state index contributed by atoms with van der Waals surface area (Å²) in [7, 11) is 3.25. The van der Waals surface area contributed by atoms with E-state index in [4.69, 9.17) is 4.74 Å². The van der Waals surface area contributed by atoms with Crippen LogP contribution in [-0.4, -0.2) is 27.8 Å². The highest BCUT2D eigenvalue weighted by molar-refractivity contribution is 5.75. The quantitative estimate of drug-likeness (QED) is 0.843. The van der Waals surface area contributed by atoms with Gasteiger partial charge in [0.15, 0.2) is 17.4 Å². The van der Waals surface area contributed by atoms with Crippen LogP contribution in [-0.2, 0) is 24.8 Å². The molecule has 2 rings (SSSR count). The Morgan fingerprint density at radius 3 is 2.91 bits per heavy atom. The fourth-order valence-corrected chi connectivity index (χ4v) is 2.05. The van der Waals surface area contributed by atoms with E-state index in [0.717, 1.165) is 5.56 Å². The number of aryl methyl sites for hydroxylation is 2. The van der Waals surface area contributed by atoms with Gasteiger partial charge in [0.2, 0.25) is 5.91 Å². The summed E-state index contributed by atoms with van der Waals surface area (Å²) in [6, 6.07) is 4.84. The summed E-state index contributed by atoms with van der Waals surface area (Å²) in [5.41, 5.74) is 0.847. The van der Waals surface area contributed by atoms with Crippen molar-refractivity contribution in [2.45, 2.75) is 25.8 Å². The average Bonchev–Trinajstić information content (AvgIpc) is 2.91. The van der Waals surface area contributed by atoms with E-state index in [2.05, 4.69) is 15.5 Å². The molecule has 1 amide bonds. The van der Waals surface area contributed by atoms with Gasteiger partial charge in [-0.15, -0.1) is 10.2 Å². The minimum Gasteiger partial charge on any atom is -0.494 e. The number of aromatic nitrogens is 3. The Kier molecular flexibility index (Phi) is 5.46. The summed E-state index contributed by atoms with van der Waals surface area (Å²) in [5.74, 6) is 0.486. The average molecular weight is 306 g/mol. The SMILES string of the molecule is COc1ccc(CCCC(=O)NCc2nncn2C)cc1F. The first-order chi connectivity index (χ1) is 10.6. The Labute approximate surface area is 128 Å². The van der Waals surface area contributed by atoms with Crippen LogP contribution in [0.15, 0.2) is 24.5 Å². The number of halogens is 1. The third-order valence-corrected chi connectivity index (χ3v) is 3.33. The molecule has 0 unspecified atom stereocenters. The van der Waals surface area contributed by atoms with Gasteiger partial charge in [-0.05, 0) is 30.5 Å². The molecule has 1 N–H and O–H groups in total. The minimum atomic E-state index is -0.383. The molecule has 6 nitrogen and oxygen atoms in total. The molecule has 0 aliphatic carbocycles. The van der Waals surface area contributed by atoms with Gasteiger partial charge in [-0.3, -0.25) is 4.79 Å². The first-order valence-electron chi connectivity index (χ1n) is 7.02. The van der Waals surface area contributed by atoms with Crippen molar-refractivity contribution >= 4 is 5.91 Å². The van der Waals surface area contributed by atoms with Gasteiger partial charge in [0.25, 0.3) is 0 Å². The summed E-state index contributed by atoms with van der Waals surface area (Å²) >= 11 is 0. The van der Waals surface area contributed by atoms with Crippen LogP contribution in [0.25, 0.3) is 0 Å². The third-order valence-electron chi connectivity index (χ3n) is 3.33. The second-order valence-electron chi connectivity index (χ2n) is 4.96. The first kappa shape index (κ1) is 15.9. The van der Waals surface area contributed by atoms with Gasteiger partial charge in [0.1, 0.15) is 6.33 Å². The Balaban J connectivity index is 1.73. The molecule has 0 fully saturated rings. The molecule has 1 heterocycles. The highest BCUT2D eigenvalue weighted by atomic mass is 19.1. The van der Waals surface area contributed by atoms with Crippen molar-refractivity contribution < 1.29 is 13.9 Å². The van der Waals surface area contributed by atoms with Crippen molar-refractivity contribution in [3.8, 4) is 5.75 Å². The molecule has 0 aliphatic rings. The lowest BCUT2D eigenvalue weighted by Gasteiger charge is -2.06. The maximum atomic E-state index is 13.5. The molecule has 0 bridgehead atoms. The summed E-state index contributed by atoms with van der Waals surface area (Å²) in [5, 5.41) is 10.4. The summed E-state index contributed by atoms with van der Waals surface area (Å²) < 4.78 is 20.2. The molecule has 0 spiro atoms. The lowest BCUT2D eigenvalue weighted by Crippen LogP contribution is -2.24. The molecule has 0 aliphatic heterocycles. The van der Waals surface area contributed by atoms with Crippen LogP contribution in [0.3, 0.4) is 0 Å². The van der Waals surface area contributed by atoms with Crippen LogP contribution in [0.5, 0.6) is 5.75 Å². The van der Waals surface area contributed by atoms with Gasteiger partial charge in [0, 0.05) is 13.5 Å². The summed E-state index contributed by atoms with van der Waals surface area (Å²) in [6.45, 7) is 0.354. The molecule has 1 aromatic carbocycles. The zero-order chi connectivity index (χ0) is 15.9. The number of carbonyl (C=O) groups excluding carboxylic acids is 1. The van der Waals surface area contributed by atoms with E-state index in [1.165, 1.54) is 13.2 Å². The number of ether oxygens (including phenoxy) is 1. The van der Waals surface area contributed by atoms with Crippen molar-refractivity contribution in [2.75, 3.05) is 7.11 Å². The fourth-order valence-electron chi connectivity index (χ4n) is 2.05. The second kappa shape index (κ2) is 7.53. The number of nitrogens with zero attached hydrogens (tertiary/aromatic N) is 3. The third kappa shape index (κ3) is 4.28. The normalized spacial score (nSPS) is 10.5. The fraction of sp³-hybridized carbons (Fsp3) is 0.400. The minimum absolute atomic E-state index is 0.0583. The number of methoxy groups -OCH3 is 1. The molecule has 22 heavy (non-hydrogen) atoms. The zero-order valence-electron chi connectivity index (χ0n) is 12.7. The molecular weight excluding hydrogens is 287 g/mol. The van der Waals surface area contributed by atoms with Crippen LogP contribution in [0.4, 0.5) is 4.39 Å². The van der Waals surface area contributed by atoms with E-state index in [1.54, 1.807) is 23.0 Å². The first-order valence-corrected chi connectivity index (χ1v) is 7.02. The maximum absolute atomic E-state index is 13.5. The van der Waals surface area contributed by atoms with Crippen LogP contribution < -0.4 is 10.1 Å². The molecule has 0 saturated carbocycles. The molecule has 0 radical (unpaired) electrons. The molecular formula is C15H19FN4O2. The van der Waals surface area contributed by atoms with Gasteiger partial charge >= 0.3 is 0 Å². The van der Waals surface area contributed by atoms with E-state index in [1.807, 2.05) is 7.05 Å². The van der Waals surface area contributed by atoms with Crippen molar-refractivity contribution in [1.82, 2.24) is 20.1 Å². The van der Waals surface area contributed by atoms with E-state index in [9.17, 15) is 9.18 Å². The molecule has 0 atom stereocenters. The smallest absolute Gasteiger partial charge is 0.220 e. The van der Waals surface area contributed by atoms with Gasteiger partial charge in [-0.2, -0.15) is 0 Å². The highest BCUT2D eigenvalue weighted by Crippen LogP contribution is 2.18. The van der Waals surface area contributed by atoms with Crippen molar-refractivity contribution in [3.05, 3.63) is 41.7 Å². The highest BCUT2D eigenvalue weighted by Gasteiger charge is 2.07. The Bertz CT molecular complexity index is 642. The summed E-state index contributed by atoms with van der Waals surface area (Å²) in [4.78, 5) is 11.7. The van der Waals surface area contributed by atoms with Crippen LogP contribution in [0, 0.1) is 5.82 Å². The number of carbonyl (C=O) groups is 1. The lowest BCUT2D eigenvalue weighted by molar-refractivity contribution is -0.121.